The molecule has 0 bridgehead atoms. The highest BCUT2D eigenvalue weighted by atomic mass is 15.1. The normalized spacial score (nSPS) is 11.0. The summed E-state index contributed by atoms with van der Waals surface area (Å²) in [5, 5.41) is 8.43. The number of aryl methyl sites for hydroxylation is 1. The number of hydrogen-bond donors (Lipinski definition) is 1. The van der Waals surface area contributed by atoms with Crippen LogP contribution in [0.3, 0.4) is 0 Å². The molecule has 0 aliphatic heterocycles. The summed E-state index contributed by atoms with van der Waals surface area (Å²) in [7, 11) is 0. The van der Waals surface area contributed by atoms with E-state index in [1.165, 1.54) is 38.5 Å². The van der Waals surface area contributed by atoms with Crippen LogP contribution in [0, 0.1) is 6.92 Å². The Bertz CT molecular complexity index is 1530. The predicted molar refractivity (Wildman–Crippen MR) is 151 cm³/mol. The van der Waals surface area contributed by atoms with Crippen molar-refractivity contribution in [3.8, 4) is 0 Å². The minimum Gasteiger partial charge on any atom is -0.356 e. The summed E-state index contributed by atoms with van der Waals surface area (Å²) in [6, 6.07) is 47.4. The van der Waals surface area contributed by atoms with Crippen LogP contribution in [0.5, 0.6) is 0 Å². The number of anilines is 5. The summed E-state index contributed by atoms with van der Waals surface area (Å²) in [6.07, 6.45) is 0. The summed E-state index contributed by atoms with van der Waals surface area (Å²) in [4.78, 5) is 2.38. The Balaban J connectivity index is 1.49. The van der Waals surface area contributed by atoms with Crippen molar-refractivity contribution in [2.45, 2.75) is 6.92 Å². The van der Waals surface area contributed by atoms with E-state index in [1.807, 2.05) is 0 Å². The van der Waals surface area contributed by atoms with Crippen molar-refractivity contribution in [2.24, 2.45) is 0 Å². The Morgan fingerprint density at radius 1 is 0.457 bits per heavy atom. The largest absolute Gasteiger partial charge is 0.356 e. The first-order chi connectivity index (χ1) is 17.3. The van der Waals surface area contributed by atoms with Gasteiger partial charge < -0.3 is 10.2 Å². The molecule has 0 saturated carbocycles. The van der Waals surface area contributed by atoms with Gasteiger partial charge in [-0.25, -0.2) is 0 Å². The zero-order valence-electron chi connectivity index (χ0n) is 19.6. The minimum absolute atomic E-state index is 1.06. The first kappa shape index (κ1) is 21.0. The van der Waals surface area contributed by atoms with Crippen LogP contribution < -0.4 is 10.2 Å². The Labute approximate surface area is 206 Å². The molecule has 6 aromatic rings. The highest BCUT2D eigenvalue weighted by Crippen LogP contribution is 2.42. The lowest BCUT2D eigenvalue weighted by atomic mass is 10.0. The molecule has 0 fully saturated rings. The third kappa shape index (κ3) is 4.11. The van der Waals surface area contributed by atoms with Crippen molar-refractivity contribution >= 4 is 50.0 Å². The van der Waals surface area contributed by atoms with Gasteiger partial charge in [0.1, 0.15) is 0 Å². The average Bonchev–Trinajstić information content (AvgIpc) is 2.91. The second kappa shape index (κ2) is 9.00. The fraction of sp³-hybridized carbons (Fsp3) is 0.0303. The molecule has 168 valence electrons. The lowest BCUT2D eigenvalue weighted by molar-refractivity contribution is 1.31. The van der Waals surface area contributed by atoms with E-state index in [-0.39, 0.29) is 0 Å². The van der Waals surface area contributed by atoms with E-state index in [0.717, 1.165) is 17.1 Å². The number of rotatable bonds is 5. The van der Waals surface area contributed by atoms with Crippen molar-refractivity contribution in [2.75, 3.05) is 10.2 Å². The van der Waals surface area contributed by atoms with Gasteiger partial charge >= 0.3 is 0 Å². The second-order valence-corrected chi connectivity index (χ2v) is 8.87. The summed E-state index contributed by atoms with van der Waals surface area (Å²) in [6.45, 7) is 2.10. The van der Waals surface area contributed by atoms with E-state index >= 15 is 0 Å². The SMILES string of the molecule is Cc1ccc(Nc2ccc(N(c3cccc4ccccc34)c3cccc4ccccc34)cc2)cc1. The van der Waals surface area contributed by atoms with Gasteiger partial charge in [-0.05, 0) is 66.2 Å². The topological polar surface area (TPSA) is 15.3 Å². The molecule has 0 spiro atoms. The molecule has 6 rings (SSSR count). The van der Waals surface area contributed by atoms with E-state index in [1.54, 1.807) is 0 Å². The number of nitrogens with zero attached hydrogens (tertiary/aromatic N) is 1. The molecule has 0 saturated heterocycles. The number of benzene rings is 6. The van der Waals surface area contributed by atoms with Crippen LogP contribution in [0.1, 0.15) is 5.56 Å². The fourth-order valence-electron chi connectivity index (χ4n) is 4.71. The second-order valence-electron chi connectivity index (χ2n) is 8.87. The molecule has 0 aromatic heterocycles. The number of fused-ring (bicyclic) bond motifs is 2. The molecular formula is C33H26N2. The van der Waals surface area contributed by atoms with E-state index in [9.17, 15) is 0 Å². The van der Waals surface area contributed by atoms with Crippen LogP contribution in [0.25, 0.3) is 21.5 Å². The number of nitrogens with one attached hydrogen (secondary N) is 1. The van der Waals surface area contributed by atoms with Crippen molar-refractivity contribution in [3.63, 3.8) is 0 Å². The summed E-state index contributed by atoms with van der Waals surface area (Å²) in [5.74, 6) is 0. The highest BCUT2D eigenvalue weighted by Gasteiger charge is 2.17. The summed E-state index contributed by atoms with van der Waals surface area (Å²) >= 11 is 0. The summed E-state index contributed by atoms with van der Waals surface area (Å²) in [5.41, 5.74) is 6.85. The van der Waals surface area contributed by atoms with Crippen LogP contribution in [0.4, 0.5) is 28.4 Å². The molecule has 6 aromatic carbocycles. The molecule has 1 N–H and O–H groups in total. The molecule has 0 atom stereocenters. The zero-order valence-corrected chi connectivity index (χ0v) is 19.6. The van der Waals surface area contributed by atoms with Gasteiger partial charge in [-0.1, -0.05) is 90.5 Å². The Hall–Kier alpha value is -4.56. The molecule has 0 amide bonds. The Kier molecular flexibility index (Phi) is 5.40. The first-order valence-electron chi connectivity index (χ1n) is 12.0. The van der Waals surface area contributed by atoms with Crippen molar-refractivity contribution in [1.82, 2.24) is 0 Å². The first-order valence-corrected chi connectivity index (χ1v) is 12.0. The summed E-state index contributed by atoms with van der Waals surface area (Å²) < 4.78 is 0. The third-order valence-electron chi connectivity index (χ3n) is 6.48. The fourth-order valence-corrected chi connectivity index (χ4v) is 4.71. The highest BCUT2D eigenvalue weighted by molar-refractivity contribution is 6.04. The van der Waals surface area contributed by atoms with E-state index in [4.69, 9.17) is 0 Å². The van der Waals surface area contributed by atoms with Gasteiger partial charge in [-0.3, -0.25) is 0 Å². The molecular weight excluding hydrogens is 424 g/mol. The molecule has 0 radical (unpaired) electrons. The zero-order chi connectivity index (χ0) is 23.6. The van der Waals surface area contributed by atoms with Gasteiger partial charge in [0.05, 0.1) is 11.4 Å². The van der Waals surface area contributed by atoms with Gasteiger partial charge in [-0.15, -0.1) is 0 Å². The van der Waals surface area contributed by atoms with Crippen LogP contribution in [0.15, 0.2) is 133 Å². The number of hydrogen-bond acceptors (Lipinski definition) is 2. The molecule has 0 aliphatic rings. The third-order valence-corrected chi connectivity index (χ3v) is 6.48. The average molecular weight is 451 g/mol. The predicted octanol–water partition coefficient (Wildman–Crippen LogP) is 9.51. The Morgan fingerprint density at radius 2 is 0.914 bits per heavy atom. The van der Waals surface area contributed by atoms with Gasteiger partial charge in [-0.2, -0.15) is 0 Å². The monoisotopic (exact) mass is 450 g/mol. The lowest BCUT2D eigenvalue weighted by Gasteiger charge is -2.28. The molecule has 2 heteroatoms. The lowest BCUT2D eigenvalue weighted by Crippen LogP contribution is -2.11. The van der Waals surface area contributed by atoms with E-state index < -0.39 is 0 Å². The Morgan fingerprint density at radius 3 is 1.46 bits per heavy atom. The maximum absolute atomic E-state index is 3.52. The van der Waals surface area contributed by atoms with Gasteiger partial charge in [0.2, 0.25) is 0 Å². The maximum atomic E-state index is 3.52. The van der Waals surface area contributed by atoms with E-state index in [0.29, 0.717) is 0 Å². The van der Waals surface area contributed by atoms with Crippen LogP contribution in [-0.2, 0) is 0 Å². The van der Waals surface area contributed by atoms with Crippen LogP contribution in [0.2, 0.25) is 0 Å². The molecule has 0 unspecified atom stereocenters. The minimum atomic E-state index is 1.06. The molecule has 0 heterocycles. The van der Waals surface area contributed by atoms with Gasteiger partial charge in [0.15, 0.2) is 0 Å². The van der Waals surface area contributed by atoms with Crippen LogP contribution >= 0.6 is 0 Å². The van der Waals surface area contributed by atoms with Crippen molar-refractivity contribution in [1.29, 1.82) is 0 Å². The van der Waals surface area contributed by atoms with E-state index in [2.05, 4.69) is 151 Å². The van der Waals surface area contributed by atoms with Crippen molar-refractivity contribution < 1.29 is 0 Å². The quantitative estimate of drug-likeness (QED) is 0.281. The maximum Gasteiger partial charge on any atom is 0.0540 e. The van der Waals surface area contributed by atoms with Crippen LogP contribution in [-0.4, -0.2) is 0 Å². The smallest absolute Gasteiger partial charge is 0.0540 e. The standard InChI is InChI=1S/C33H26N2/c1-24-16-18-27(19-17-24)34-28-20-22-29(23-21-28)35(32-14-6-10-25-8-2-4-12-30(25)32)33-15-7-11-26-9-3-5-13-31(26)33/h2-23,34H,1H3. The van der Waals surface area contributed by atoms with Gasteiger partial charge in [0, 0.05) is 27.8 Å². The molecule has 35 heavy (non-hydrogen) atoms. The molecule has 2 nitrogen and oxygen atoms in total. The van der Waals surface area contributed by atoms with Gasteiger partial charge in [0.25, 0.3) is 0 Å². The molecule has 0 aliphatic carbocycles. The van der Waals surface area contributed by atoms with Crippen molar-refractivity contribution in [3.05, 3.63) is 139 Å².